The molecule has 1 heterocycles. The molecule has 0 bridgehead atoms. The summed E-state index contributed by atoms with van der Waals surface area (Å²) in [6.07, 6.45) is 1.33. The maximum absolute atomic E-state index is 13.3. The fourth-order valence-corrected chi connectivity index (χ4v) is 4.42. The summed E-state index contributed by atoms with van der Waals surface area (Å²) in [5, 5.41) is 15.5. The zero-order valence-electron chi connectivity index (χ0n) is 21.9. The molecule has 0 unspecified atom stereocenters. The van der Waals surface area contributed by atoms with Crippen molar-refractivity contribution in [2.45, 2.75) is 45.3 Å². The van der Waals surface area contributed by atoms with Crippen LogP contribution in [0.1, 0.15) is 32.3 Å². The first-order valence-electron chi connectivity index (χ1n) is 12.9. The van der Waals surface area contributed by atoms with Crippen LogP contribution in [0.5, 0.6) is 5.75 Å². The molecule has 0 spiro atoms. The number of aliphatic hydroxyl groups is 1. The number of halogens is 1. The van der Waals surface area contributed by atoms with Crippen molar-refractivity contribution in [3.8, 4) is 5.75 Å². The van der Waals surface area contributed by atoms with Crippen LogP contribution in [0.25, 0.3) is 0 Å². The number of ether oxygens (including phenoxy) is 1. The Kier molecular flexibility index (Phi) is 8.51. The molecular weight excluding hydrogens is 491 g/mol. The molecule has 0 saturated heterocycles. The number of rotatable bonds is 7. The summed E-state index contributed by atoms with van der Waals surface area (Å²) in [6.45, 7) is 4.08. The van der Waals surface area contributed by atoms with E-state index in [1.807, 2.05) is 6.92 Å². The van der Waals surface area contributed by atoms with Crippen molar-refractivity contribution in [2.24, 2.45) is 11.8 Å². The number of fused-ring (bicyclic) bond motifs is 1. The molecule has 0 aromatic heterocycles. The summed E-state index contributed by atoms with van der Waals surface area (Å²) < 4.78 is 19.6. The summed E-state index contributed by atoms with van der Waals surface area (Å²) >= 11 is 0. The van der Waals surface area contributed by atoms with Gasteiger partial charge in [-0.3, -0.25) is 9.59 Å². The second-order valence-corrected chi connectivity index (χ2v) is 10.3. The molecule has 1 fully saturated rings. The van der Waals surface area contributed by atoms with Gasteiger partial charge in [0.25, 0.3) is 0 Å². The minimum absolute atomic E-state index is 0.0314. The Hall–Kier alpha value is -3.66. The fourth-order valence-electron chi connectivity index (χ4n) is 4.42. The number of anilines is 2. The maximum Gasteiger partial charge on any atom is 0.321 e. The Balaban J connectivity index is 1.56. The standard InChI is InChI=1S/C28H35FN4O5/c1-17-14-33(18(2)16-34)26(35)13-20-12-23(30-27(36)19-4-5-19)10-11-24(20)38-25(17)15-32(3)28(37)31-22-8-6-21(29)7-9-22/h6-12,17-19,25,34H,4-5,13-16H2,1-3H3,(H,30,36)(H,31,37)/t17-,18-,25+/m0/s1. The van der Waals surface area contributed by atoms with E-state index in [1.165, 1.54) is 29.2 Å². The van der Waals surface area contributed by atoms with Gasteiger partial charge in [-0.1, -0.05) is 6.92 Å². The average Bonchev–Trinajstić information content (AvgIpc) is 3.74. The van der Waals surface area contributed by atoms with Crippen LogP contribution in [0, 0.1) is 17.7 Å². The van der Waals surface area contributed by atoms with Gasteiger partial charge in [0, 0.05) is 42.4 Å². The molecule has 2 aromatic carbocycles. The summed E-state index contributed by atoms with van der Waals surface area (Å²) in [4.78, 5) is 41.6. The normalized spacial score (nSPS) is 20.2. The minimum atomic E-state index is -0.482. The van der Waals surface area contributed by atoms with Crippen molar-refractivity contribution >= 4 is 29.2 Å². The van der Waals surface area contributed by atoms with E-state index in [2.05, 4.69) is 10.6 Å². The number of aliphatic hydroxyl groups excluding tert-OH is 1. The topological polar surface area (TPSA) is 111 Å². The van der Waals surface area contributed by atoms with E-state index < -0.39 is 18.0 Å². The van der Waals surface area contributed by atoms with Gasteiger partial charge < -0.3 is 30.3 Å². The number of urea groups is 1. The Bertz CT molecular complexity index is 1170. The predicted molar refractivity (Wildman–Crippen MR) is 141 cm³/mol. The van der Waals surface area contributed by atoms with Crippen LogP contribution in [0.4, 0.5) is 20.6 Å². The van der Waals surface area contributed by atoms with E-state index in [9.17, 15) is 23.9 Å². The number of nitrogens with one attached hydrogen (secondary N) is 2. The molecule has 4 amide bonds. The maximum atomic E-state index is 13.3. The van der Waals surface area contributed by atoms with Gasteiger partial charge in [0.05, 0.1) is 25.6 Å². The van der Waals surface area contributed by atoms with E-state index in [4.69, 9.17) is 4.74 Å². The largest absolute Gasteiger partial charge is 0.488 e. The number of carbonyl (C=O) groups excluding carboxylic acids is 3. The first-order chi connectivity index (χ1) is 18.1. The van der Waals surface area contributed by atoms with Crippen LogP contribution in [0.15, 0.2) is 42.5 Å². The zero-order chi connectivity index (χ0) is 27.4. The van der Waals surface area contributed by atoms with Crippen molar-refractivity contribution in [3.05, 3.63) is 53.8 Å². The van der Waals surface area contributed by atoms with Gasteiger partial charge in [-0.2, -0.15) is 0 Å². The third-order valence-electron chi connectivity index (χ3n) is 7.03. The molecule has 38 heavy (non-hydrogen) atoms. The lowest BCUT2D eigenvalue weighted by Gasteiger charge is -2.34. The number of likely N-dealkylation sites (N-methyl/N-ethyl adjacent to an activating group) is 1. The van der Waals surface area contributed by atoms with Crippen LogP contribution in [-0.2, 0) is 16.0 Å². The van der Waals surface area contributed by atoms with Gasteiger partial charge in [0.2, 0.25) is 11.8 Å². The minimum Gasteiger partial charge on any atom is -0.488 e. The molecule has 1 aliphatic carbocycles. The third kappa shape index (κ3) is 6.80. The van der Waals surface area contributed by atoms with Crippen molar-refractivity contribution in [1.82, 2.24) is 9.80 Å². The van der Waals surface area contributed by atoms with E-state index >= 15 is 0 Å². The number of hydrogen-bond donors (Lipinski definition) is 3. The lowest BCUT2D eigenvalue weighted by molar-refractivity contribution is -0.134. The van der Waals surface area contributed by atoms with Gasteiger partial charge in [-0.05, 0) is 62.2 Å². The highest BCUT2D eigenvalue weighted by Crippen LogP contribution is 2.32. The van der Waals surface area contributed by atoms with Gasteiger partial charge >= 0.3 is 6.03 Å². The molecule has 0 radical (unpaired) electrons. The molecule has 1 saturated carbocycles. The van der Waals surface area contributed by atoms with Crippen molar-refractivity contribution in [2.75, 3.05) is 37.4 Å². The number of carbonyl (C=O) groups is 3. The highest BCUT2D eigenvalue weighted by molar-refractivity contribution is 5.94. The van der Waals surface area contributed by atoms with Crippen LogP contribution >= 0.6 is 0 Å². The second kappa shape index (κ2) is 11.8. The summed E-state index contributed by atoms with van der Waals surface area (Å²) in [7, 11) is 1.64. The fraction of sp³-hybridized carbons (Fsp3) is 0.464. The van der Waals surface area contributed by atoms with Gasteiger partial charge in [-0.15, -0.1) is 0 Å². The first kappa shape index (κ1) is 27.4. The SMILES string of the molecule is C[C@H]1CN([C@@H](C)CO)C(=O)Cc2cc(NC(=O)C3CC3)ccc2O[C@@H]1CN(C)C(=O)Nc1ccc(F)cc1. The molecule has 3 N–H and O–H groups in total. The lowest BCUT2D eigenvalue weighted by Crippen LogP contribution is -2.48. The Morgan fingerprint density at radius 3 is 2.50 bits per heavy atom. The molecule has 10 heteroatoms. The van der Waals surface area contributed by atoms with Gasteiger partial charge in [0.1, 0.15) is 17.7 Å². The number of benzene rings is 2. The highest BCUT2D eigenvalue weighted by atomic mass is 19.1. The molecule has 1 aliphatic heterocycles. The van der Waals surface area contributed by atoms with Gasteiger partial charge in [0.15, 0.2) is 0 Å². The number of amides is 4. The van der Waals surface area contributed by atoms with E-state index in [1.54, 1.807) is 37.1 Å². The van der Waals surface area contributed by atoms with Crippen LogP contribution in [-0.4, -0.2) is 71.6 Å². The van der Waals surface area contributed by atoms with Crippen molar-refractivity contribution < 1.29 is 28.6 Å². The molecular formula is C28H35FN4O5. The predicted octanol–water partition coefficient (Wildman–Crippen LogP) is 3.49. The molecule has 3 atom stereocenters. The summed E-state index contributed by atoms with van der Waals surface area (Å²) in [6, 6.07) is 9.97. The average molecular weight is 527 g/mol. The first-order valence-corrected chi connectivity index (χ1v) is 12.9. The molecule has 2 aromatic rings. The lowest BCUT2D eigenvalue weighted by atomic mass is 10.0. The molecule has 9 nitrogen and oxygen atoms in total. The van der Waals surface area contributed by atoms with Gasteiger partial charge in [-0.25, -0.2) is 9.18 Å². The molecule has 4 rings (SSSR count). The zero-order valence-corrected chi connectivity index (χ0v) is 21.9. The van der Waals surface area contributed by atoms with E-state index in [0.717, 1.165) is 12.8 Å². The molecule has 2 aliphatic rings. The van der Waals surface area contributed by atoms with Crippen molar-refractivity contribution in [3.63, 3.8) is 0 Å². The van der Waals surface area contributed by atoms with Crippen LogP contribution < -0.4 is 15.4 Å². The Morgan fingerprint density at radius 1 is 1.16 bits per heavy atom. The number of hydrogen-bond acceptors (Lipinski definition) is 5. The second-order valence-electron chi connectivity index (χ2n) is 10.3. The highest BCUT2D eigenvalue weighted by Gasteiger charge is 2.33. The van der Waals surface area contributed by atoms with E-state index in [0.29, 0.717) is 29.2 Å². The Morgan fingerprint density at radius 2 is 1.84 bits per heavy atom. The van der Waals surface area contributed by atoms with Crippen LogP contribution in [0.2, 0.25) is 0 Å². The van der Waals surface area contributed by atoms with Crippen LogP contribution in [0.3, 0.4) is 0 Å². The Labute approximate surface area is 221 Å². The monoisotopic (exact) mass is 526 g/mol. The summed E-state index contributed by atoms with van der Waals surface area (Å²) in [5.41, 5.74) is 1.68. The molecule has 204 valence electrons. The van der Waals surface area contributed by atoms with Crippen molar-refractivity contribution in [1.29, 1.82) is 0 Å². The summed E-state index contributed by atoms with van der Waals surface area (Å²) in [5.74, 6) is -0.220. The number of nitrogens with zero attached hydrogens (tertiary/aromatic N) is 2. The third-order valence-corrected chi connectivity index (χ3v) is 7.03. The smallest absolute Gasteiger partial charge is 0.321 e. The quantitative estimate of drug-likeness (QED) is 0.512. The van der Waals surface area contributed by atoms with E-state index in [-0.39, 0.29) is 49.3 Å².